The molecule has 2 heterocycles. The fourth-order valence-electron chi connectivity index (χ4n) is 3.30. The van der Waals surface area contributed by atoms with Crippen molar-refractivity contribution in [3.63, 3.8) is 0 Å². The van der Waals surface area contributed by atoms with E-state index < -0.39 is 5.41 Å². The van der Waals surface area contributed by atoms with Crippen LogP contribution in [-0.4, -0.2) is 34.8 Å². The van der Waals surface area contributed by atoms with Crippen LogP contribution in [0, 0.1) is 18.3 Å². The highest BCUT2D eigenvalue weighted by molar-refractivity contribution is 7.09. The molecular weight excluding hydrogens is 384 g/mol. The van der Waals surface area contributed by atoms with Crippen molar-refractivity contribution in [1.82, 2.24) is 9.88 Å². The van der Waals surface area contributed by atoms with Gasteiger partial charge in [0.1, 0.15) is 0 Å². The molecule has 156 valence electrons. The molecule has 1 aliphatic rings. The minimum Gasteiger partial charge on any atom is -0.326 e. The van der Waals surface area contributed by atoms with Gasteiger partial charge in [0.2, 0.25) is 11.8 Å². The highest BCUT2D eigenvalue weighted by Gasteiger charge is 2.26. The first kappa shape index (κ1) is 21.5. The van der Waals surface area contributed by atoms with Crippen LogP contribution in [0.5, 0.6) is 0 Å². The van der Waals surface area contributed by atoms with Gasteiger partial charge in [0.15, 0.2) is 0 Å². The van der Waals surface area contributed by atoms with Crippen LogP contribution in [0.3, 0.4) is 0 Å². The third-order valence-electron chi connectivity index (χ3n) is 5.08. The predicted molar refractivity (Wildman–Crippen MR) is 118 cm³/mol. The van der Waals surface area contributed by atoms with Crippen LogP contribution in [-0.2, 0) is 16.1 Å². The maximum atomic E-state index is 12.7. The Bertz CT molecular complexity index is 864. The molecule has 1 saturated heterocycles. The summed E-state index contributed by atoms with van der Waals surface area (Å²) in [6.45, 7) is 10.3. The second kappa shape index (κ2) is 9.05. The van der Waals surface area contributed by atoms with Crippen molar-refractivity contribution in [3.05, 3.63) is 40.3 Å². The van der Waals surface area contributed by atoms with Gasteiger partial charge in [0.05, 0.1) is 10.7 Å². The number of thiazole rings is 1. The number of amides is 2. The fourth-order valence-corrected chi connectivity index (χ4v) is 3.90. The molecule has 2 N–H and O–H groups in total. The van der Waals surface area contributed by atoms with Crippen molar-refractivity contribution in [2.24, 2.45) is 11.3 Å². The van der Waals surface area contributed by atoms with Gasteiger partial charge in [-0.15, -0.1) is 11.3 Å². The lowest BCUT2D eigenvalue weighted by atomic mass is 9.95. The zero-order valence-corrected chi connectivity index (χ0v) is 18.4. The summed E-state index contributed by atoms with van der Waals surface area (Å²) >= 11 is 1.68. The van der Waals surface area contributed by atoms with Gasteiger partial charge in [0, 0.05) is 34.6 Å². The van der Waals surface area contributed by atoms with Crippen molar-refractivity contribution < 1.29 is 9.59 Å². The molecule has 1 fully saturated rings. The van der Waals surface area contributed by atoms with Crippen LogP contribution < -0.4 is 10.6 Å². The van der Waals surface area contributed by atoms with Gasteiger partial charge in [-0.1, -0.05) is 26.8 Å². The van der Waals surface area contributed by atoms with E-state index >= 15 is 0 Å². The molecule has 0 saturated carbocycles. The molecule has 7 heteroatoms. The van der Waals surface area contributed by atoms with Crippen molar-refractivity contribution in [3.8, 4) is 0 Å². The Hall–Kier alpha value is -2.25. The van der Waals surface area contributed by atoms with Crippen LogP contribution >= 0.6 is 11.3 Å². The largest absolute Gasteiger partial charge is 0.326 e. The summed E-state index contributed by atoms with van der Waals surface area (Å²) in [4.78, 5) is 31.8. The second-order valence-electron chi connectivity index (χ2n) is 8.68. The van der Waals surface area contributed by atoms with E-state index in [2.05, 4.69) is 25.9 Å². The Kier molecular flexibility index (Phi) is 6.70. The first-order chi connectivity index (χ1) is 13.7. The number of nitrogens with one attached hydrogen (secondary N) is 2. The number of hydrogen-bond acceptors (Lipinski definition) is 5. The number of piperidine rings is 1. The molecule has 0 atom stereocenters. The first-order valence-electron chi connectivity index (χ1n) is 10.1. The molecule has 0 radical (unpaired) electrons. The lowest BCUT2D eigenvalue weighted by Crippen LogP contribution is -2.37. The molecule has 0 unspecified atom stereocenters. The molecule has 3 rings (SSSR count). The molecule has 0 aliphatic carbocycles. The van der Waals surface area contributed by atoms with Gasteiger partial charge in [0.25, 0.3) is 0 Å². The van der Waals surface area contributed by atoms with E-state index in [1.54, 1.807) is 17.4 Å². The predicted octanol–water partition coefficient (Wildman–Crippen LogP) is 4.29. The van der Waals surface area contributed by atoms with Gasteiger partial charge in [-0.25, -0.2) is 4.98 Å². The average Bonchev–Trinajstić information content (AvgIpc) is 3.06. The number of aryl methyl sites for hydroxylation is 1. The normalized spacial score (nSPS) is 15.9. The van der Waals surface area contributed by atoms with Crippen molar-refractivity contribution in [1.29, 1.82) is 0 Å². The number of aromatic nitrogens is 1. The minimum absolute atomic E-state index is 0.0104. The van der Waals surface area contributed by atoms with Crippen LogP contribution in [0.1, 0.15) is 44.3 Å². The number of likely N-dealkylation sites (tertiary alicyclic amines) is 1. The molecule has 29 heavy (non-hydrogen) atoms. The topological polar surface area (TPSA) is 74.3 Å². The summed E-state index contributed by atoms with van der Waals surface area (Å²) in [7, 11) is 0. The smallest absolute Gasteiger partial charge is 0.229 e. The molecule has 2 amide bonds. The van der Waals surface area contributed by atoms with Gasteiger partial charge in [-0.3, -0.25) is 14.5 Å². The minimum atomic E-state index is -0.468. The number of anilines is 2. The number of hydrogen-bond donors (Lipinski definition) is 2. The summed E-state index contributed by atoms with van der Waals surface area (Å²) in [5.41, 5.74) is 2.05. The van der Waals surface area contributed by atoms with Crippen molar-refractivity contribution >= 4 is 34.5 Å². The van der Waals surface area contributed by atoms with E-state index in [1.165, 1.54) is 0 Å². The van der Waals surface area contributed by atoms with Crippen LogP contribution in [0.25, 0.3) is 0 Å². The second-order valence-corrected chi connectivity index (χ2v) is 9.74. The number of benzene rings is 1. The number of rotatable bonds is 5. The van der Waals surface area contributed by atoms with E-state index in [0.29, 0.717) is 11.4 Å². The summed E-state index contributed by atoms with van der Waals surface area (Å²) in [5, 5.41) is 9.12. The van der Waals surface area contributed by atoms with Gasteiger partial charge < -0.3 is 10.6 Å². The Morgan fingerprint density at radius 2 is 1.83 bits per heavy atom. The summed E-state index contributed by atoms with van der Waals surface area (Å²) in [5.74, 6) is 0.00773. The van der Waals surface area contributed by atoms with Crippen LogP contribution in [0.4, 0.5) is 11.4 Å². The number of carbonyl (C=O) groups excluding carboxylic acids is 2. The highest BCUT2D eigenvalue weighted by Crippen LogP contribution is 2.23. The lowest BCUT2D eigenvalue weighted by molar-refractivity contribution is -0.123. The molecule has 0 bridgehead atoms. The van der Waals surface area contributed by atoms with Crippen molar-refractivity contribution in [2.75, 3.05) is 23.7 Å². The summed E-state index contributed by atoms with van der Waals surface area (Å²) < 4.78 is 0. The monoisotopic (exact) mass is 414 g/mol. The van der Waals surface area contributed by atoms with E-state index in [1.807, 2.05) is 45.9 Å². The maximum Gasteiger partial charge on any atom is 0.229 e. The Morgan fingerprint density at radius 3 is 2.41 bits per heavy atom. The van der Waals surface area contributed by atoms with Gasteiger partial charge in [-0.2, -0.15) is 0 Å². The van der Waals surface area contributed by atoms with Crippen LogP contribution in [0.15, 0.2) is 29.6 Å². The molecule has 1 aromatic carbocycles. The zero-order chi connectivity index (χ0) is 21.0. The Morgan fingerprint density at radius 1 is 1.17 bits per heavy atom. The molecule has 2 aromatic rings. The molecular formula is C22H30N4O2S. The van der Waals surface area contributed by atoms with E-state index in [0.717, 1.165) is 43.2 Å². The number of carbonyl (C=O) groups is 2. The fraction of sp³-hybridized carbons (Fsp3) is 0.500. The number of nitrogens with zero attached hydrogens (tertiary/aromatic N) is 2. The highest BCUT2D eigenvalue weighted by atomic mass is 32.1. The zero-order valence-electron chi connectivity index (χ0n) is 17.6. The average molecular weight is 415 g/mol. The summed E-state index contributed by atoms with van der Waals surface area (Å²) in [6, 6.07) is 7.33. The third kappa shape index (κ3) is 6.11. The van der Waals surface area contributed by atoms with E-state index in [-0.39, 0.29) is 17.7 Å². The lowest BCUT2D eigenvalue weighted by Gasteiger charge is -2.30. The van der Waals surface area contributed by atoms with Crippen molar-refractivity contribution in [2.45, 2.75) is 47.1 Å². The Balaban J connectivity index is 1.50. The van der Waals surface area contributed by atoms with E-state index in [9.17, 15) is 9.59 Å². The third-order valence-corrected chi connectivity index (χ3v) is 5.90. The molecule has 0 spiro atoms. The molecule has 1 aromatic heterocycles. The van der Waals surface area contributed by atoms with Gasteiger partial charge >= 0.3 is 0 Å². The standard InChI is InChI=1S/C22H30N4O2S/c1-15-23-19(14-29-15)13-26-10-8-16(9-11-26)20(27)24-17-6-5-7-18(12-17)25-21(28)22(2,3)4/h5-7,12,14,16H,8-11,13H2,1-4H3,(H,24,27)(H,25,28). The summed E-state index contributed by atoms with van der Waals surface area (Å²) in [6.07, 6.45) is 1.69. The van der Waals surface area contributed by atoms with E-state index in [4.69, 9.17) is 0 Å². The SMILES string of the molecule is Cc1nc(CN2CCC(C(=O)Nc3cccc(NC(=O)C(C)(C)C)c3)CC2)cs1. The maximum absolute atomic E-state index is 12.7. The molecule has 6 nitrogen and oxygen atoms in total. The quantitative estimate of drug-likeness (QED) is 0.765. The van der Waals surface area contributed by atoms with Gasteiger partial charge in [-0.05, 0) is 51.1 Å². The van der Waals surface area contributed by atoms with Crippen LogP contribution in [0.2, 0.25) is 0 Å². The molecule has 1 aliphatic heterocycles. The first-order valence-corrected chi connectivity index (χ1v) is 10.9. The Labute approximate surface area is 176 Å².